The number of cyclic esters (lactones) is 1. The molecule has 1 aliphatic heterocycles. The number of alkyl carbamates (subject to hydrolysis) is 1. The van der Waals surface area contributed by atoms with E-state index in [4.69, 9.17) is 4.74 Å². The monoisotopic (exact) mass is 208 g/mol. The molecule has 2 heterocycles. The van der Waals surface area contributed by atoms with E-state index in [0.717, 1.165) is 18.2 Å². The number of nitrogens with zero attached hydrogens (tertiary/aromatic N) is 3. The van der Waals surface area contributed by atoms with Crippen molar-refractivity contribution in [3.05, 3.63) is 11.9 Å². The highest BCUT2D eigenvalue weighted by molar-refractivity contribution is 5.69. The summed E-state index contributed by atoms with van der Waals surface area (Å²) in [5.41, 5.74) is 0.779. The number of rotatable bonds is 3. The van der Waals surface area contributed by atoms with Gasteiger partial charge in [-0.15, -0.1) is 5.10 Å². The van der Waals surface area contributed by atoms with Crippen molar-refractivity contribution in [1.29, 1.82) is 0 Å². The van der Waals surface area contributed by atoms with Crippen molar-refractivity contribution >= 4 is 6.09 Å². The number of hydrogen-bond donors (Lipinski definition) is 1. The van der Waals surface area contributed by atoms with Crippen LogP contribution in [0.3, 0.4) is 0 Å². The lowest BCUT2D eigenvalue weighted by Gasteiger charge is -2.00. The molecule has 2 aliphatic rings. The molecule has 6 nitrogen and oxygen atoms in total. The second kappa shape index (κ2) is 3.22. The minimum absolute atomic E-state index is 0.134. The standard InChI is InChI=1S/C9H12N4O2/c14-9-10-8(5-15-9)7-4-13(12-11-7)3-6-1-2-6/h4,6,8H,1-3,5H2,(H,10,14). The van der Waals surface area contributed by atoms with Crippen molar-refractivity contribution in [1.82, 2.24) is 20.3 Å². The van der Waals surface area contributed by atoms with Gasteiger partial charge in [0.05, 0.1) is 6.20 Å². The van der Waals surface area contributed by atoms with Crippen molar-refractivity contribution in [2.75, 3.05) is 6.61 Å². The molecular weight excluding hydrogens is 196 g/mol. The van der Waals surface area contributed by atoms with Crippen molar-refractivity contribution in [2.24, 2.45) is 5.92 Å². The summed E-state index contributed by atoms with van der Waals surface area (Å²) in [5, 5.41) is 10.7. The fourth-order valence-electron chi connectivity index (χ4n) is 1.67. The van der Waals surface area contributed by atoms with Crippen LogP contribution in [0, 0.1) is 5.92 Å². The van der Waals surface area contributed by atoms with Gasteiger partial charge in [0.25, 0.3) is 0 Å². The van der Waals surface area contributed by atoms with Crippen molar-refractivity contribution < 1.29 is 9.53 Å². The fraction of sp³-hybridized carbons (Fsp3) is 0.667. The zero-order chi connectivity index (χ0) is 10.3. The van der Waals surface area contributed by atoms with E-state index in [1.54, 1.807) is 0 Å². The van der Waals surface area contributed by atoms with Crippen LogP contribution in [0.4, 0.5) is 4.79 Å². The highest BCUT2D eigenvalue weighted by Crippen LogP contribution is 2.30. The molecule has 2 fully saturated rings. The largest absolute Gasteiger partial charge is 0.447 e. The summed E-state index contributed by atoms with van der Waals surface area (Å²) in [4.78, 5) is 10.8. The summed E-state index contributed by atoms with van der Waals surface area (Å²) < 4.78 is 6.64. The molecule has 1 amide bonds. The number of ether oxygens (including phenoxy) is 1. The molecule has 0 aromatic carbocycles. The Bertz CT molecular complexity index is 385. The predicted octanol–water partition coefficient (Wildman–Crippen LogP) is 0.469. The zero-order valence-electron chi connectivity index (χ0n) is 8.22. The lowest BCUT2D eigenvalue weighted by atomic mass is 10.2. The SMILES string of the molecule is O=C1NC(c2cn(CC3CC3)nn2)CO1. The summed E-state index contributed by atoms with van der Waals surface area (Å²) in [6, 6.07) is -0.134. The molecule has 0 radical (unpaired) electrons. The van der Waals surface area contributed by atoms with Gasteiger partial charge < -0.3 is 10.1 Å². The highest BCUT2D eigenvalue weighted by Gasteiger charge is 2.27. The van der Waals surface area contributed by atoms with Gasteiger partial charge in [0.15, 0.2) is 0 Å². The molecule has 3 rings (SSSR count). The first kappa shape index (κ1) is 8.70. The first-order valence-electron chi connectivity index (χ1n) is 5.14. The molecule has 1 atom stereocenters. The van der Waals surface area contributed by atoms with E-state index in [-0.39, 0.29) is 12.1 Å². The molecule has 1 aromatic rings. The van der Waals surface area contributed by atoms with Crippen LogP contribution >= 0.6 is 0 Å². The Labute approximate surface area is 86.6 Å². The minimum atomic E-state index is -0.378. The topological polar surface area (TPSA) is 69.0 Å². The van der Waals surface area contributed by atoms with E-state index in [0.29, 0.717) is 6.61 Å². The van der Waals surface area contributed by atoms with Crippen molar-refractivity contribution in [3.63, 3.8) is 0 Å². The van der Waals surface area contributed by atoms with E-state index in [2.05, 4.69) is 15.6 Å². The Morgan fingerprint density at radius 2 is 2.47 bits per heavy atom. The van der Waals surface area contributed by atoms with Gasteiger partial charge in [0.2, 0.25) is 0 Å². The molecule has 1 unspecified atom stereocenters. The highest BCUT2D eigenvalue weighted by atomic mass is 16.6. The Hall–Kier alpha value is -1.59. The van der Waals surface area contributed by atoms with E-state index in [1.165, 1.54) is 12.8 Å². The van der Waals surface area contributed by atoms with E-state index in [9.17, 15) is 4.79 Å². The van der Waals surface area contributed by atoms with Crippen LogP contribution in [0.2, 0.25) is 0 Å². The summed E-state index contributed by atoms with van der Waals surface area (Å²) in [6.07, 6.45) is 4.09. The Balaban J connectivity index is 1.69. The summed E-state index contributed by atoms with van der Waals surface area (Å²) in [6.45, 7) is 1.29. The molecule has 1 N–H and O–H groups in total. The lowest BCUT2D eigenvalue weighted by Crippen LogP contribution is -2.18. The van der Waals surface area contributed by atoms with E-state index < -0.39 is 0 Å². The van der Waals surface area contributed by atoms with Crippen LogP contribution in [0.15, 0.2) is 6.20 Å². The first-order valence-corrected chi connectivity index (χ1v) is 5.14. The average molecular weight is 208 g/mol. The van der Waals surface area contributed by atoms with Crippen LogP contribution in [0.5, 0.6) is 0 Å². The van der Waals surface area contributed by atoms with Gasteiger partial charge in [-0.3, -0.25) is 4.68 Å². The summed E-state index contributed by atoms with van der Waals surface area (Å²) >= 11 is 0. The predicted molar refractivity (Wildman–Crippen MR) is 50.0 cm³/mol. The number of hydrogen-bond acceptors (Lipinski definition) is 4. The third-order valence-electron chi connectivity index (χ3n) is 2.73. The molecule has 0 bridgehead atoms. The van der Waals surface area contributed by atoms with Crippen molar-refractivity contribution in [2.45, 2.75) is 25.4 Å². The average Bonchev–Trinajstić information content (AvgIpc) is 2.74. The van der Waals surface area contributed by atoms with Crippen LogP contribution in [0.1, 0.15) is 24.6 Å². The van der Waals surface area contributed by atoms with Gasteiger partial charge in [-0.1, -0.05) is 5.21 Å². The van der Waals surface area contributed by atoms with Crippen molar-refractivity contribution in [3.8, 4) is 0 Å². The number of nitrogens with one attached hydrogen (secondary N) is 1. The smallest absolute Gasteiger partial charge is 0.407 e. The van der Waals surface area contributed by atoms with E-state index >= 15 is 0 Å². The number of carbonyl (C=O) groups excluding carboxylic acids is 1. The quantitative estimate of drug-likeness (QED) is 0.783. The maximum Gasteiger partial charge on any atom is 0.407 e. The zero-order valence-corrected chi connectivity index (χ0v) is 8.22. The molecule has 15 heavy (non-hydrogen) atoms. The third kappa shape index (κ3) is 1.79. The number of carbonyl (C=O) groups is 1. The second-order valence-electron chi connectivity index (χ2n) is 4.10. The molecule has 1 saturated carbocycles. The van der Waals surface area contributed by atoms with E-state index in [1.807, 2.05) is 10.9 Å². The Kier molecular flexibility index (Phi) is 1.87. The van der Waals surface area contributed by atoms with Gasteiger partial charge in [0, 0.05) is 6.54 Å². The molecule has 1 aliphatic carbocycles. The number of amides is 1. The molecule has 0 spiro atoms. The lowest BCUT2D eigenvalue weighted by molar-refractivity contribution is 0.177. The normalized spacial score (nSPS) is 25.1. The number of aromatic nitrogens is 3. The molecule has 80 valence electrons. The van der Waals surface area contributed by atoms with Crippen LogP contribution in [-0.4, -0.2) is 27.7 Å². The maximum absolute atomic E-state index is 10.8. The molecule has 1 saturated heterocycles. The van der Waals surface area contributed by atoms with Crippen LogP contribution in [-0.2, 0) is 11.3 Å². The van der Waals surface area contributed by atoms with Gasteiger partial charge in [-0.2, -0.15) is 0 Å². The molecular formula is C9H12N4O2. The minimum Gasteiger partial charge on any atom is -0.447 e. The van der Waals surface area contributed by atoms with Gasteiger partial charge in [-0.25, -0.2) is 4.79 Å². The summed E-state index contributed by atoms with van der Waals surface area (Å²) in [5.74, 6) is 0.772. The first-order chi connectivity index (χ1) is 7.31. The van der Waals surface area contributed by atoms with Crippen LogP contribution in [0.25, 0.3) is 0 Å². The summed E-state index contributed by atoms with van der Waals surface area (Å²) in [7, 11) is 0. The maximum atomic E-state index is 10.8. The third-order valence-corrected chi connectivity index (χ3v) is 2.73. The Morgan fingerprint density at radius 1 is 1.60 bits per heavy atom. The van der Waals surface area contributed by atoms with Gasteiger partial charge >= 0.3 is 6.09 Å². The molecule has 6 heteroatoms. The molecule has 1 aromatic heterocycles. The van der Waals surface area contributed by atoms with Gasteiger partial charge in [-0.05, 0) is 18.8 Å². The second-order valence-corrected chi connectivity index (χ2v) is 4.10. The van der Waals surface area contributed by atoms with Crippen LogP contribution < -0.4 is 5.32 Å². The fourth-order valence-corrected chi connectivity index (χ4v) is 1.67. The Morgan fingerprint density at radius 3 is 3.13 bits per heavy atom. The van der Waals surface area contributed by atoms with Gasteiger partial charge in [0.1, 0.15) is 18.3 Å².